The first-order valence-corrected chi connectivity index (χ1v) is 7.57. The number of rotatable bonds is 7. The Kier molecular flexibility index (Phi) is 5.54. The van der Waals surface area contributed by atoms with E-state index in [1.165, 1.54) is 0 Å². The summed E-state index contributed by atoms with van der Waals surface area (Å²) < 4.78 is 6.81. The predicted octanol–water partition coefficient (Wildman–Crippen LogP) is 0.406. The summed E-state index contributed by atoms with van der Waals surface area (Å²) in [5.74, 6) is 0.0186. The Hall–Kier alpha value is -1.89. The van der Waals surface area contributed by atoms with Gasteiger partial charge < -0.3 is 14.5 Å². The van der Waals surface area contributed by atoms with E-state index in [1.54, 1.807) is 34.7 Å². The first-order valence-electron chi connectivity index (χ1n) is 7.57. The van der Waals surface area contributed by atoms with Crippen molar-refractivity contribution in [3.05, 3.63) is 18.0 Å². The molecule has 1 fully saturated rings. The Morgan fingerprint density at radius 2 is 2.32 bits per heavy atom. The number of methoxy groups -OCH3 is 1. The van der Waals surface area contributed by atoms with E-state index in [0.29, 0.717) is 32.7 Å². The van der Waals surface area contributed by atoms with Crippen molar-refractivity contribution in [2.75, 3.05) is 26.8 Å². The van der Waals surface area contributed by atoms with E-state index in [2.05, 4.69) is 5.10 Å². The normalized spacial score (nSPS) is 16.1. The molecule has 1 aliphatic heterocycles. The molecule has 2 heterocycles. The van der Waals surface area contributed by atoms with Gasteiger partial charge in [-0.1, -0.05) is 0 Å². The molecular weight excluding hydrogens is 284 g/mol. The molecule has 2 amide bonds. The summed E-state index contributed by atoms with van der Waals surface area (Å²) in [5, 5.41) is 4.13. The van der Waals surface area contributed by atoms with E-state index < -0.39 is 6.04 Å². The van der Waals surface area contributed by atoms with Gasteiger partial charge in [-0.05, 0) is 13.3 Å². The third-order valence-corrected chi connectivity index (χ3v) is 3.94. The number of amides is 2. The van der Waals surface area contributed by atoms with Crippen molar-refractivity contribution in [1.82, 2.24) is 19.6 Å². The summed E-state index contributed by atoms with van der Waals surface area (Å²) in [6.45, 7) is 3.90. The molecule has 1 saturated heterocycles. The average Bonchev–Trinajstić information content (AvgIpc) is 3.10. The Morgan fingerprint density at radius 1 is 1.55 bits per heavy atom. The number of likely N-dealkylation sites (tertiary alicyclic amines) is 1. The van der Waals surface area contributed by atoms with Crippen LogP contribution in [0.5, 0.6) is 0 Å². The minimum atomic E-state index is -0.427. The summed E-state index contributed by atoms with van der Waals surface area (Å²) in [6.07, 6.45) is 5.01. The second kappa shape index (κ2) is 7.40. The number of nitrogens with zero attached hydrogens (tertiary/aromatic N) is 4. The number of ether oxygens (including phenoxy) is 1. The van der Waals surface area contributed by atoms with Gasteiger partial charge in [-0.2, -0.15) is 5.10 Å². The molecule has 0 aliphatic carbocycles. The highest BCUT2D eigenvalue weighted by atomic mass is 16.5. The van der Waals surface area contributed by atoms with Gasteiger partial charge in [0.05, 0.1) is 12.8 Å². The summed E-state index contributed by atoms with van der Waals surface area (Å²) in [7, 11) is 3.45. The molecule has 0 N–H and O–H groups in total. The van der Waals surface area contributed by atoms with Gasteiger partial charge in [0.25, 0.3) is 0 Å². The number of hydrogen-bond acceptors (Lipinski definition) is 4. The van der Waals surface area contributed by atoms with Gasteiger partial charge in [0.1, 0.15) is 6.04 Å². The molecular formula is C15H24N4O3. The highest BCUT2D eigenvalue weighted by molar-refractivity contribution is 5.88. The van der Waals surface area contributed by atoms with Gasteiger partial charge in [0, 0.05) is 52.0 Å². The third-order valence-electron chi connectivity index (χ3n) is 3.94. The lowest BCUT2D eigenvalue weighted by atomic mass is 10.2. The van der Waals surface area contributed by atoms with Crippen LogP contribution in [-0.4, -0.2) is 64.2 Å². The second-order valence-electron chi connectivity index (χ2n) is 5.64. The number of aryl methyl sites for hydroxylation is 1. The molecule has 22 heavy (non-hydrogen) atoms. The van der Waals surface area contributed by atoms with E-state index in [1.807, 2.05) is 13.2 Å². The largest absolute Gasteiger partial charge is 0.383 e. The number of carbonyl (C=O) groups excluding carboxylic acids is 2. The van der Waals surface area contributed by atoms with Gasteiger partial charge >= 0.3 is 0 Å². The highest BCUT2D eigenvalue weighted by Crippen LogP contribution is 2.16. The van der Waals surface area contributed by atoms with Crippen LogP contribution in [0.1, 0.15) is 25.3 Å². The SMILES string of the molecule is COCCN(Cc1cnn(C)c1)C(=O)C(C)N1CCCC1=O. The van der Waals surface area contributed by atoms with E-state index in [9.17, 15) is 9.59 Å². The van der Waals surface area contributed by atoms with Crippen molar-refractivity contribution in [3.8, 4) is 0 Å². The minimum absolute atomic E-state index is 0.0452. The van der Waals surface area contributed by atoms with Crippen LogP contribution in [0.3, 0.4) is 0 Å². The van der Waals surface area contributed by atoms with Crippen molar-refractivity contribution in [1.29, 1.82) is 0 Å². The van der Waals surface area contributed by atoms with Crippen molar-refractivity contribution in [2.45, 2.75) is 32.4 Å². The van der Waals surface area contributed by atoms with Crippen molar-refractivity contribution >= 4 is 11.8 Å². The lowest BCUT2D eigenvalue weighted by molar-refractivity contribution is -0.143. The van der Waals surface area contributed by atoms with Gasteiger partial charge in [-0.15, -0.1) is 0 Å². The maximum atomic E-state index is 12.7. The molecule has 0 bridgehead atoms. The van der Waals surface area contributed by atoms with Crippen LogP contribution in [0.25, 0.3) is 0 Å². The van der Waals surface area contributed by atoms with Crippen molar-refractivity contribution in [3.63, 3.8) is 0 Å². The van der Waals surface area contributed by atoms with E-state index in [-0.39, 0.29) is 11.8 Å². The molecule has 7 heteroatoms. The average molecular weight is 308 g/mol. The molecule has 2 rings (SSSR count). The van der Waals surface area contributed by atoms with Crippen LogP contribution < -0.4 is 0 Å². The van der Waals surface area contributed by atoms with Crippen molar-refractivity contribution in [2.24, 2.45) is 7.05 Å². The molecule has 7 nitrogen and oxygen atoms in total. The Bertz CT molecular complexity index is 529. The Morgan fingerprint density at radius 3 is 2.86 bits per heavy atom. The fourth-order valence-corrected chi connectivity index (χ4v) is 2.72. The first-order chi connectivity index (χ1) is 10.5. The van der Waals surface area contributed by atoms with Gasteiger partial charge in [0.2, 0.25) is 11.8 Å². The molecule has 1 aliphatic rings. The summed E-state index contributed by atoms with van der Waals surface area (Å²) in [4.78, 5) is 28.0. The lowest BCUT2D eigenvalue weighted by Gasteiger charge is -2.30. The van der Waals surface area contributed by atoms with Crippen LogP contribution in [-0.2, 0) is 27.9 Å². The molecule has 1 unspecified atom stereocenters. The van der Waals surface area contributed by atoms with Crippen LogP contribution in [0.15, 0.2) is 12.4 Å². The van der Waals surface area contributed by atoms with Crippen molar-refractivity contribution < 1.29 is 14.3 Å². The summed E-state index contributed by atoms with van der Waals surface area (Å²) in [5.41, 5.74) is 0.965. The third kappa shape index (κ3) is 3.85. The standard InChI is InChI=1S/C15H24N4O3/c1-12(19-6-4-5-14(19)20)15(21)18(7-8-22-3)11-13-9-16-17(2)10-13/h9-10,12H,4-8,11H2,1-3H3. The summed E-state index contributed by atoms with van der Waals surface area (Å²) >= 11 is 0. The monoisotopic (exact) mass is 308 g/mol. The number of hydrogen-bond donors (Lipinski definition) is 0. The maximum Gasteiger partial charge on any atom is 0.245 e. The van der Waals surface area contributed by atoms with Crippen LogP contribution in [0.2, 0.25) is 0 Å². The van der Waals surface area contributed by atoms with Crippen LogP contribution in [0, 0.1) is 0 Å². The van der Waals surface area contributed by atoms with E-state index in [4.69, 9.17) is 4.74 Å². The molecule has 1 aromatic heterocycles. The number of carbonyl (C=O) groups is 2. The first kappa shape index (κ1) is 16.5. The van der Waals surface area contributed by atoms with Gasteiger partial charge in [-0.25, -0.2) is 0 Å². The molecule has 1 atom stereocenters. The zero-order valence-electron chi connectivity index (χ0n) is 13.5. The maximum absolute atomic E-state index is 12.7. The zero-order chi connectivity index (χ0) is 16.1. The molecule has 0 spiro atoms. The smallest absolute Gasteiger partial charge is 0.245 e. The molecule has 122 valence electrons. The fourth-order valence-electron chi connectivity index (χ4n) is 2.72. The summed E-state index contributed by atoms with van der Waals surface area (Å²) in [6, 6.07) is -0.427. The van der Waals surface area contributed by atoms with E-state index in [0.717, 1.165) is 12.0 Å². The molecule has 0 aromatic carbocycles. The predicted molar refractivity (Wildman–Crippen MR) is 80.9 cm³/mol. The Balaban J connectivity index is 2.06. The highest BCUT2D eigenvalue weighted by Gasteiger charge is 2.32. The second-order valence-corrected chi connectivity index (χ2v) is 5.64. The van der Waals surface area contributed by atoms with Gasteiger partial charge in [0.15, 0.2) is 0 Å². The molecule has 1 aromatic rings. The van der Waals surface area contributed by atoms with Crippen LogP contribution in [0.4, 0.5) is 0 Å². The lowest BCUT2D eigenvalue weighted by Crippen LogP contribution is -2.48. The topological polar surface area (TPSA) is 67.7 Å². The quantitative estimate of drug-likeness (QED) is 0.731. The van der Waals surface area contributed by atoms with E-state index >= 15 is 0 Å². The number of aromatic nitrogens is 2. The Labute approximate surface area is 130 Å². The molecule has 0 radical (unpaired) electrons. The fraction of sp³-hybridized carbons (Fsp3) is 0.667. The van der Waals surface area contributed by atoms with Crippen LogP contribution >= 0.6 is 0 Å². The zero-order valence-corrected chi connectivity index (χ0v) is 13.5. The molecule has 0 saturated carbocycles. The van der Waals surface area contributed by atoms with Gasteiger partial charge in [-0.3, -0.25) is 14.3 Å². The minimum Gasteiger partial charge on any atom is -0.383 e.